The van der Waals surface area contributed by atoms with E-state index in [-0.39, 0.29) is 24.0 Å². The molecule has 1 heterocycles. The van der Waals surface area contributed by atoms with Gasteiger partial charge in [0.05, 0.1) is 6.54 Å². The Hall–Kier alpha value is -4.01. The quantitative estimate of drug-likeness (QED) is 0.300. The molecule has 0 bridgehead atoms. The SMILES string of the molecule is O=C(CNc1cccc(-c2ccc(F)cc2)c1)c1ccc(-c2noc(C(F)(F)F)n2)cc1. The van der Waals surface area contributed by atoms with E-state index in [2.05, 4.69) is 20.0 Å². The van der Waals surface area contributed by atoms with Crippen LogP contribution in [0.2, 0.25) is 0 Å². The molecule has 0 radical (unpaired) electrons. The van der Waals surface area contributed by atoms with Crippen LogP contribution in [0.5, 0.6) is 0 Å². The first-order valence-corrected chi connectivity index (χ1v) is 9.44. The number of rotatable bonds is 6. The van der Waals surface area contributed by atoms with Crippen molar-refractivity contribution in [3.8, 4) is 22.5 Å². The predicted molar refractivity (Wildman–Crippen MR) is 109 cm³/mol. The number of carbonyl (C=O) groups excluding carboxylic acids is 1. The topological polar surface area (TPSA) is 68.0 Å². The average Bonchev–Trinajstić information content (AvgIpc) is 3.29. The highest BCUT2D eigenvalue weighted by Crippen LogP contribution is 2.29. The van der Waals surface area contributed by atoms with Gasteiger partial charge in [0.1, 0.15) is 5.82 Å². The fraction of sp³-hybridized carbons (Fsp3) is 0.0870. The smallest absolute Gasteiger partial charge is 0.378 e. The monoisotopic (exact) mass is 441 g/mol. The second-order valence-electron chi connectivity index (χ2n) is 6.86. The fourth-order valence-corrected chi connectivity index (χ4v) is 3.00. The summed E-state index contributed by atoms with van der Waals surface area (Å²) in [6.07, 6.45) is -4.72. The maximum Gasteiger partial charge on any atom is 0.471 e. The van der Waals surface area contributed by atoms with Crippen LogP contribution >= 0.6 is 0 Å². The number of nitrogens with zero attached hydrogens (tertiary/aromatic N) is 2. The minimum Gasteiger partial charge on any atom is -0.378 e. The van der Waals surface area contributed by atoms with Gasteiger partial charge in [-0.05, 0) is 35.4 Å². The summed E-state index contributed by atoms with van der Waals surface area (Å²) in [6.45, 7) is 0.00660. The first-order valence-electron chi connectivity index (χ1n) is 9.44. The van der Waals surface area contributed by atoms with E-state index in [1.807, 2.05) is 18.2 Å². The van der Waals surface area contributed by atoms with E-state index >= 15 is 0 Å². The van der Waals surface area contributed by atoms with Crippen molar-refractivity contribution >= 4 is 11.5 Å². The molecule has 0 saturated carbocycles. The van der Waals surface area contributed by atoms with Gasteiger partial charge >= 0.3 is 12.1 Å². The molecule has 1 aromatic heterocycles. The van der Waals surface area contributed by atoms with Crippen LogP contribution in [0.25, 0.3) is 22.5 Å². The molecule has 0 aliphatic heterocycles. The molecule has 0 unspecified atom stereocenters. The standard InChI is InChI=1S/C23H15F4N3O2/c24-18-10-8-14(9-11-18)17-2-1-3-19(12-17)28-13-20(31)15-4-6-16(7-5-15)21-29-22(32-30-21)23(25,26)27/h1-12,28H,13H2. The lowest BCUT2D eigenvalue weighted by Gasteiger charge is -2.09. The number of carbonyl (C=O) groups is 1. The molecule has 4 rings (SSSR count). The third-order valence-electron chi connectivity index (χ3n) is 4.63. The van der Waals surface area contributed by atoms with Gasteiger partial charge in [0.2, 0.25) is 5.82 Å². The lowest BCUT2D eigenvalue weighted by Crippen LogP contribution is -2.13. The normalized spacial score (nSPS) is 11.4. The van der Waals surface area contributed by atoms with Gasteiger partial charge in [-0.1, -0.05) is 53.7 Å². The highest BCUT2D eigenvalue weighted by atomic mass is 19.4. The van der Waals surface area contributed by atoms with Crippen LogP contribution in [0, 0.1) is 5.82 Å². The van der Waals surface area contributed by atoms with Gasteiger partial charge in [0.15, 0.2) is 5.78 Å². The Bertz CT molecular complexity index is 1230. The molecule has 162 valence electrons. The number of nitrogens with one attached hydrogen (secondary N) is 1. The molecular weight excluding hydrogens is 426 g/mol. The number of hydrogen-bond donors (Lipinski definition) is 1. The zero-order valence-corrected chi connectivity index (χ0v) is 16.4. The number of anilines is 1. The third-order valence-corrected chi connectivity index (χ3v) is 4.63. The fourth-order valence-electron chi connectivity index (χ4n) is 3.00. The van der Waals surface area contributed by atoms with Crippen LogP contribution in [0.1, 0.15) is 16.2 Å². The Morgan fingerprint density at radius 1 is 0.906 bits per heavy atom. The highest BCUT2D eigenvalue weighted by Gasteiger charge is 2.38. The largest absolute Gasteiger partial charge is 0.471 e. The van der Waals surface area contributed by atoms with Crippen molar-refractivity contribution in [2.75, 3.05) is 11.9 Å². The maximum absolute atomic E-state index is 13.1. The molecule has 0 fully saturated rings. The number of Topliss-reactive ketones (excluding diaryl/α,β-unsaturated/α-hetero) is 1. The molecule has 0 spiro atoms. The van der Waals surface area contributed by atoms with Crippen molar-refractivity contribution in [2.24, 2.45) is 0 Å². The van der Waals surface area contributed by atoms with Crippen molar-refractivity contribution in [1.82, 2.24) is 10.1 Å². The molecular formula is C23H15F4N3O2. The first kappa shape index (κ1) is 21.2. The second kappa shape index (κ2) is 8.62. The molecule has 1 N–H and O–H groups in total. The minimum absolute atomic E-state index is 0.00660. The zero-order chi connectivity index (χ0) is 22.7. The van der Waals surface area contributed by atoms with Crippen molar-refractivity contribution in [3.63, 3.8) is 0 Å². The molecule has 0 aliphatic carbocycles. The number of alkyl halides is 3. The molecule has 0 saturated heterocycles. The molecule has 9 heteroatoms. The molecule has 5 nitrogen and oxygen atoms in total. The summed E-state index contributed by atoms with van der Waals surface area (Å²) in [7, 11) is 0. The van der Waals surface area contributed by atoms with Crippen LogP contribution in [0.4, 0.5) is 23.2 Å². The Labute approximate surface area is 179 Å². The highest BCUT2D eigenvalue weighted by molar-refractivity contribution is 5.99. The molecule has 3 aromatic carbocycles. The van der Waals surface area contributed by atoms with Gasteiger partial charge in [0.25, 0.3) is 0 Å². The Balaban J connectivity index is 1.41. The van der Waals surface area contributed by atoms with Crippen LogP contribution in [-0.4, -0.2) is 22.5 Å². The molecule has 32 heavy (non-hydrogen) atoms. The Morgan fingerprint density at radius 3 is 2.25 bits per heavy atom. The van der Waals surface area contributed by atoms with Gasteiger partial charge in [0, 0.05) is 16.8 Å². The zero-order valence-electron chi connectivity index (χ0n) is 16.4. The Morgan fingerprint density at radius 2 is 1.59 bits per heavy atom. The summed E-state index contributed by atoms with van der Waals surface area (Å²) in [5, 5.41) is 6.36. The number of aromatic nitrogens is 2. The van der Waals surface area contributed by atoms with Crippen LogP contribution in [-0.2, 0) is 6.18 Å². The summed E-state index contributed by atoms with van der Waals surface area (Å²) in [6, 6.07) is 19.3. The summed E-state index contributed by atoms with van der Waals surface area (Å²) in [4.78, 5) is 15.8. The molecule has 4 aromatic rings. The molecule has 0 atom stereocenters. The first-order chi connectivity index (χ1) is 15.3. The Kier molecular flexibility index (Phi) is 5.72. The molecule has 0 amide bonds. The van der Waals surface area contributed by atoms with E-state index in [1.54, 1.807) is 18.2 Å². The third kappa shape index (κ3) is 4.83. The predicted octanol–water partition coefficient (Wildman–Crippen LogP) is 5.86. The summed E-state index contributed by atoms with van der Waals surface area (Å²) in [5.41, 5.74) is 3.08. The van der Waals surface area contributed by atoms with E-state index in [0.717, 1.165) is 11.1 Å². The van der Waals surface area contributed by atoms with Crippen LogP contribution < -0.4 is 5.32 Å². The number of ketones is 1. The summed E-state index contributed by atoms with van der Waals surface area (Å²) in [5.74, 6) is -2.18. The van der Waals surface area contributed by atoms with Crippen molar-refractivity contribution < 1.29 is 26.9 Å². The van der Waals surface area contributed by atoms with Gasteiger partial charge in [-0.2, -0.15) is 18.2 Å². The van der Waals surface area contributed by atoms with Gasteiger partial charge in [-0.25, -0.2) is 4.39 Å². The van der Waals surface area contributed by atoms with E-state index in [9.17, 15) is 22.4 Å². The average molecular weight is 441 g/mol. The van der Waals surface area contributed by atoms with Crippen molar-refractivity contribution in [3.05, 3.63) is 90.1 Å². The van der Waals surface area contributed by atoms with Gasteiger partial charge in [-0.15, -0.1) is 0 Å². The lowest BCUT2D eigenvalue weighted by molar-refractivity contribution is -0.159. The molecule has 0 aliphatic rings. The van der Waals surface area contributed by atoms with Crippen molar-refractivity contribution in [1.29, 1.82) is 0 Å². The van der Waals surface area contributed by atoms with Crippen LogP contribution in [0.3, 0.4) is 0 Å². The number of hydrogen-bond acceptors (Lipinski definition) is 5. The van der Waals surface area contributed by atoms with Crippen molar-refractivity contribution in [2.45, 2.75) is 6.18 Å². The van der Waals surface area contributed by atoms with Crippen LogP contribution in [0.15, 0.2) is 77.3 Å². The maximum atomic E-state index is 13.1. The number of halogens is 4. The number of benzene rings is 3. The van der Waals surface area contributed by atoms with Gasteiger partial charge in [-0.3, -0.25) is 4.79 Å². The summed E-state index contributed by atoms with van der Waals surface area (Å²) < 4.78 is 55.1. The van der Waals surface area contributed by atoms with E-state index < -0.39 is 12.1 Å². The minimum atomic E-state index is -4.72. The summed E-state index contributed by atoms with van der Waals surface area (Å²) >= 11 is 0. The van der Waals surface area contributed by atoms with E-state index in [0.29, 0.717) is 16.8 Å². The second-order valence-corrected chi connectivity index (χ2v) is 6.86. The van der Waals surface area contributed by atoms with E-state index in [1.165, 1.54) is 36.4 Å². The lowest BCUT2D eigenvalue weighted by atomic mass is 10.0. The van der Waals surface area contributed by atoms with Gasteiger partial charge < -0.3 is 9.84 Å². The van der Waals surface area contributed by atoms with E-state index in [4.69, 9.17) is 0 Å².